The summed E-state index contributed by atoms with van der Waals surface area (Å²) >= 11 is 5.67. The summed E-state index contributed by atoms with van der Waals surface area (Å²) in [5, 5.41) is 14.7. The number of carbonyl (C=O) groups is 2. The average Bonchev–Trinajstić information content (AvgIpc) is 3.43. The summed E-state index contributed by atoms with van der Waals surface area (Å²) in [7, 11) is 0. The third-order valence-electron chi connectivity index (χ3n) is 6.77. The number of amides is 2. The number of guanidine groups is 1. The molecule has 1 aliphatic heterocycles. The van der Waals surface area contributed by atoms with Gasteiger partial charge in [-0.2, -0.15) is 0 Å². The van der Waals surface area contributed by atoms with Crippen LogP contribution in [0.2, 0.25) is 5.02 Å². The predicted octanol–water partition coefficient (Wildman–Crippen LogP) is 1.68. The first kappa shape index (κ1) is 25.9. The number of rotatable bonds is 7. The van der Waals surface area contributed by atoms with Gasteiger partial charge in [0, 0.05) is 30.7 Å². The Labute approximate surface area is 213 Å². The van der Waals surface area contributed by atoms with E-state index in [9.17, 15) is 19.1 Å². The molecule has 4 rings (SSSR count). The van der Waals surface area contributed by atoms with E-state index < -0.39 is 23.7 Å². The molecule has 0 spiro atoms. The number of hydrogen-bond donors (Lipinski definition) is 5. The lowest BCUT2D eigenvalue weighted by atomic mass is 10.00. The summed E-state index contributed by atoms with van der Waals surface area (Å²) < 4.78 is 13.7. The van der Waals surface area contributed by atoms with Gasteiger partial charge in [0.25, 0.3) is 0 Å². The lowest BCUT2D eigenvalue weighted by Gasteiger charge is -2.23. The standard InChI is InChI=1S/C25H30ClFN6O3/c26-20-6-4-17(10-21(20)27)31-23(35)24(36)32-22-16(11-30-25(28)29)9-15-8-14(3-5-19(15)22)12-33-7-1-2-18(33)13-34/h3-6,8,10,16,18,22,34H,1-2,7,9,11-13H2,(H,31,35)(H,32,36)(H4,28,29,30)/t16-,18+,22-/m1/s1. The maximum Gasteiger partial charge on any atom is 0.313 e. The molecule has 2 aromatic rings. The Hall–Kier alpha value is -3.21. The fourth-order valence-corrected chi connectivity index (χ4v) is 5.11. The number of fused-ring (bicyclic) bond motifs is 1. The number of nitrogens with two attached hydrogens (primary N) is 2. The molecule has 11 heteroatoms. The molecule has 0 aromatic heterocycles. The van der Waals surface area contributed by atoms with E-state index in [0.29, 0.717) is 6.42 Å². The molecule has 3 atom stereocenters. The van der Waals surface area contributed by atoms with Crippen molar-refractivity contribution in [3.63, 3.8) is 0 Å². The molecule has 36 heavy (non-hydrogen) atoms. The predicted molar refractivity (Wildman–Crippen MR) is 136 cm³/mol. The minimum absolute atomic E-state index is 0.0525. The molecule has 192 valence electrons. The van der Waals surface area contributed by atoms with Gasteiger partial charge < -0.3 is 27.2 Å². The van der Waals surface area contributed by atoms with E-state index in [1.807, 2.05) is 12.1 Å². The first-order valence-electron chi connectivity index (χ1n) is 11.8. The Morgan fingerprint density at radius 3 is 2.72 bits per heavy atom. The second-order valence-electron chi connectivity index (χ2n) is 9.25. The molecule has 0 radical (unpaired) electrons. The van der Waals surface area contributed by atoms with Gasteiger partial charge in [-0.15, -0.1) is 0 Å². The third-order valence-corrected chi connectivity index (χ3v) is 7.08. The van der Waals surface area contributed by atoms with E-state index >= 15 is 0 Å². The first-order valence-corrected chi connectivity index (χ1v) is 12.2. The number of aliphatic imine (C=N–C) groups is 1. The van der Waals surface area contributed by atoms with Crippen LogP contribution in [-0.4, -0.2) is 53.5 Å². The Morgan fingerprint density at radius 1 is 1.19 bits per heavy atom. The lowest BCUT2D eigenvalue weighted by Crippen LogP contribution is -2.40. The third kappa shape index (κ3) is 5.95. The monoisotopic (exact) mass is 516 g/mol. The van der Waals surface area contributed by atoms with Crippen molar-refractivity contribution in [2.24, 2.45) is 22.4 Å². The summed E-state index contributed by atoms with van der Waals surface area (Å²) in [6.45, 7) is 2.10. The van der Waals surface area contributed by atoms with Crippen LogP contribution >= 0.6 is 11.6 Å². The van der Waals surface area contributed by atoms with E-state index in [1.165, 1.54) is 12.1 Å². The van der Waals surface area contributed by atoms with Crippen LogP contribution < -0.4 is 22.1 Å². The molecule has 1 fully saturated rings. The van der Waals surface area contributed by atoms with Crippen LogP contribution in [0.3, 0.4) is 0 Å². The van der Waals surface area contributed by atoms with Crippen molar-refractivity contribution in [3.8, 4) is 0 Å². The minimum atomic E-state index is -0.925. The van der Waals surface area contributed by atoms with Crippen molar-refractivity contribution >= 4 is 35.1 Å². The van der Waals surface area contributed by atoms with Crippen LogP contribution in [0.5, 0.6) is 0 Å². The molecule has 7 N–H and O–H groups in total. The minimum Gasteiger partial charge on any atom is -0.395 e. The smallest absolute Gasteiger partial charge is 0.313 e. The van der Waals surface area contributed by atoms with Crippen molar-refractivity contribution in [3.05, 3.63) is 63.9 Å². The van der Waals surface area contributed by atoms with E-state index in [2.05, 4.69) is 26.6 Å². The first-order chi connectivity index (χ1) is 17.2. The Bertz CT molecular complexity index is 1170. The quantitative estimate of drug-likeness (QED) is 0.215. The maximum atomic E-state index is 13.7. The molecule has 1 saturated heterocycles. The fraction of sp³-hybridized carbons (Fsp3) is 0.400. The lowest BCUT2D eigenvalue weighted by molar-refractivity contribution is -0.136. The van der Waals surface area contributed by atoms with Crippen LogP contribution in [0, 0.1) is 11.7 Å². The number of carbonyl (C=O) groups excluding carboxylic acids is 2. The summed E-state index contributed by atoms with van der Waals surface area (Å²) in [4.78, 5) is 31.7. The molecule has 1 aliphatic carbocycles. The van der Waals surface area contributed by atoms with Crippen LogP contribution in [-0.2, 0) is 22.6 Å². The number of nitrogens with one attached hydrogen (secondary N) is 2. The number of hydrogen-bond acceptors (Lipinski definition) is 5. The van der Waals surface area contributed by atoms with Crippen LogP contribution in [0.1, 0.15) is 35.6 Å². The molecule has 2 aromatic carbocycles. The van der Waals surface area contributed by atoms with Gasteiger partial charge in [-0.1, -0.05) is 29.8 Å². The number of likely N-dealkylation sites (tertiary alicyclic amines) is 1. The van der Waals surface area contributed by atoms with Crippen molar-refractivity contribution < 1.29 is 19.1 Å². The number of aliphatic hydroxyl groups excluding tert-OH is 1. The molecule has 9 nitrogen and oxygen atoms in total. The summed E-state index contributed by atoms with van der Waals surface area (Å²) in [5.41, 5.74) is 14.2. The molecule has 1 heterocycles. The molecular formula is C25H30ClFN6O3. The van der Waals surface area contributed by atoms with Crippen molar-refractivity contribution in [1.29, 1.82) is 0 Å². The number of aliphatic hydroxyl groups is 1. The zero-order valence-corrected chi connectivity index (χ0v) is 20.5. The number of anilines is 1. The molecule has 2 amide bonds. The number of benzene rings is 2. The highest BCUT2D eigenvalue weighted by Crippen LogP contribution is 2.37. The highest BCUT2D eigenvalue weighted by Gasteiger charge is 2.35. The van der Waals surface area contributed by atoms with E-state index in [-0.39, 0.29) is 41.8 Å². The molecule has 2 aliphatic rings. The number of halogens is 2. The molecule has 0 saturated carbocycles. The highest BCUT2D eigenvalue weighted by molar-refractivity contribution is 6.39. The summed E-state index contributed by atoms with van der Waals surface area (Å²) in [5.74, 6) is -2.69. The van der Waals surface area contributed by atoms with Crippen LogP contribution in [0.15, 0.2) is 41.4 Å². The van der Waals surface area contributed by atoms with Crippen LogP contribution in [0.4, 0.5) is 10.1 Å². The van der Waals surface area contributed by atoms with Gasteiger partial charge in [-0.05, 0) is 60.7 Å². The van der Waals surface area contributed by atoms with Gasteiger partial charge in [0.15, 0.2) is 5.96 Å². The van der Waals surface area contributed by atoms with Gasteiger partial charge in [-0.25, -0.2) is 4.39 Å². The topological polar surface area (TPSA) is 146 Å². The van der Waals surface area contributed by atoms with Crippen molar-refractivity contribution in [2.45, 2.75) is 37.9 Å². The zero-order chi connectivity index (χ0) is 25.8. The van der Waals surface area contributed by atoms with Gasteiger partial charge in [-0.3, -0.25) is 19.5 Å². The van der Waals surface area contributed by atoms with Gasteiger partial charge >= 0.3 is 11.8 Å². The van der Waals surface area contributed by atoms with Gasteiger partial charge in [0.1, 0.15) is 5.82 Å². The Balaban J connectivity index is 1.49. The van der Waals surface area contributed by atoms with Gasteiger partial charge in [0.2, 0.25) is 0 Å². The summed E-state index contributed by atoms with van der Waals surface area (Å²) in [6, 6.07) is 9.52. The number of nitrogens with zero attached hydrogens (tertiary/aromatic N) is 2. The Kier molecular flexibility index (Phi) is 8.07. The SMILES string of the molecule is NC(N)=NC[C@H]1Cc2cc(CN3CCC[C@H]3CO)ccc2[C@@H]1NC(=O)C(=O)Nc1ccc(Cl)c(F)c1. The fourth-order valence-electron chi connectivity index (χ4n) is 4.99. The summed E-state index contributed by atoms with van der Waals surface area (Å²) in [6.07, 6.45) is 2.68. The molecule has 0 unspecified atom stereocenters. The molecule has 0 bridgehead atoms. The molecular weight excluding hydrogens is 487 g/mol. The van der Waals surface area contributed by atoms with Crippen molar-refractivity contribution in [1.82, 2.24) is 10.2 Å². The van der Waals surface area contributed by atoms with Gasteiger partial charge in [0.05, 0.1) is 17.7 Å². The van der Waals surface area contributed by atoms with E-state index in [4.69, 9.17) is 23.1 Å². The largest absolute Gasteiger partial charge is 0.395 e. The van der Waals surface area contributed by atoms with E-state index in [1.54, 1.807) is 0 Å². The van der Waals surface area contributed by atoms with E-state index in [0.717, 1.165) is 48.7 Å². The maximum absolute atomic E-state index is 13.7. The second-order valence-corrected chi connectivity index (χ2v) is 9.65. The zero-order valence-electron chi connectivity index (χ0n) is 19.7. The van der Waals surface area contributed by atoms with Crippen LogP contribution in [0.25, 0.3) is 0 Å². The highest BCUT2D eigenvalue weighted by atomic mass is 35.5. The average molecular weight is 517 g/mol. The second kappa shape index (κ2) is 11.2. The normalized spacial score (nSPS) is 21.1. The van der Waals surface area contributed by atoms with Crippen molar-refractivity contribution in [2.75, 3.05) is 25.0 Å². The Morgan fingerprint density at radius 2 is 2.00 bits per heavy atom.